The summed E-state index contributed by atoms with van der Waals surface area (Å²) < 4.78 is 61.2. The first kappa shape index (κ1) is 28.8. The third kappa shape index (κ3) is 7.77. The van der Waals surface area contributed by atoms with E-state index in [9.17, 15) is 47.4 Å². The number of carbonyl (C=O) groups is 2. The summed E-state index contributed by atoms with van der Waals surface area (Å²) in [6.07, 6.45) is -7.44. The summed E-state index contributed by atoms with van der Waals surface area (Å²) in [6, 6.07) is 8.38. The van der Waals surface area contributed by atoms with Crippen LogP contribution in [0.1, 0.15) is 29.0 Å². The van der Waals surface area contributed by atoms with Gasteiger partial charge in [0.05, 0.1) is 12.0 Å². The van der Waals surface area contributed by atoms with Gasteiger partial charge >= 0.3 is 18.2 Å². The van der Waals surface area contributed by atoms with Crippen molar-refractivity contribution >= 4 is 25.1 Å². The Labute approximate surface area is 202 Å². The lowest BCUT2D eigenvalue weighted by molar-refractivity contribution is -0.388. The number of hydrogen-bond acceptors (Lipinski definition) is 8. The summed E-state index contributed by atoms with van der Waals surface area (Å²) >= 11 is 0. The Hall–Kier alpha value is -3.48. The minimum Gasteiger partial charge on any atom is -0.467 e. The number of methoxy groups -OCH3 is 1. The van der Waals surface area contributed by atoms with Gasteiger partial charge in [0.25, 0.3) is 5.69 Å². The predicted molar refractivity (Wildman–Crippen MR) is 118 cm³/mol. The van der Waals surface area contributed by atoms with E-state index in [-0.39, 0.29) is 6.61 Å². The highest BCUT2D eigenvalue weighted by Gasteiger charge is 2.40. The number of ether oxygens (including phenoxy) is 2. The molecule has 0 heterocycles. The molecule has 2 rings (SSSR count). The van der Waals surface area contributed by atoms with Crippen molar-refractivity contribution in [3.63, 3.8) is 0 Å². The molecule has 1 amide bonds. The highest BCUT2D eigenvalue weighted by molar-refractivity contribution is 7.58. The van der Waals surface area contributed by atoms with Crippen molar-refractivity contribution in [3.05, 3.63) is 75.3 Å². The zero-order valence-corrected chi connectivity index (χ0v) is 19.6. The number of aliphatic hydroxyl groups is 1. The van der Waals surface area contributed by atoms with Crippen LogP contribution in [0.4, 0.5) is 23.7 Å². The van der Waals surface area contributed by atoms with Crippen molar-refractivity contribution in [3.8, 4) is 0 Å². The largest absolute Gasteiger partial charge is 0.467 e. The molecule has 11 nitrogen and oxygen atoms in total. The maximum absolute atomic E-state index is 13.0. The molecule has 2 aromatic carbocycles. The molecule has 0 saturated carbocycles. The predicted octanol–water partition coefficient (Wildman–Crippen LogP) is 3.73. The Morgan fingerprint density at radius 3 is 2.39 bits per heavy atom. The number of benzene rings is 2. The van der Waals surface area contributed by atoms with Gasteiger partial charge in [0.2, 0.25) is 7.37 Å². The Kier molecular flexibility index (Phi) is 9.56. The number of rotatable bonds is 10. The second-order valence-electron chi connectivity index (χ2n) is 7.45. The summed E-state index contributed by atoms with van der Waals surface area (Å²) in [5, 5.41) is 23.5. The minimum atomic E-state index is -5.07. The van der Waals surface area contributed by atoms with Gasteiger partial charge in [-0.25, -0.2) is 9.59 Å². The van der Waals surface area contributed by atoms with Gasteiger partial charge in [-0.2, -0.15) is 13.2 Å². The van der Waals surface area contributed by atoms with Crippen molar-refractivity contribution in [2.24, 2.45) is 0 Å². The number of nitrogens with zero attached hydrogens (tertiary/aromatic N) is 1. The van der Waals surface area contributed by atoms with Crippen molar-refractivity contribution < 1.29 is 51.7 Å². The lowest BCUT2D eigenvalue weighted by Crippen LogP contribution is -2.42. The fraction of sp³-hybridized carbons (Fsp3) is 0.333. The Bertz CT molecular complexity index is 1150. The fourth-order valence-corrected chi connectivity index (χ4v) is 4.57. The number of hydrogen-bond donors (Lipinski definition) is 3. The van der Waals surface area contributed by atoms with Crippen LogP contribution in [0, 0.1) is 10.1 Å². The summed E-state index contributed by atoms with van der Waals surface area (Å²) in [4.78, 5) is 44.1. The first-order chi connectivity index (χ1) is 16.8. The molecule has 36 heavy (non-hydrogen) atoms. The van der Waals surface area contributed by atoms with Crippen LogP contribution in [0.15, 0.2) is 48.5 Å². The average molecular weight is 534 g/mol. The van der Waals surface area contributed by atoms with Crippen LogP contribution in [-0.2, 0) is 31.6 Å². The maximum Gasteiger partial charge on any atom is 0.422 e. The highest BCUT2D eigenvalue weighted by Crippen LogP contribution is 2.55. The van der Waals surface area contributed by atoms with Gasteiger partial charge in [0, 0.05) is 12.2 Å². The SMILES string of the molecule is COC(=O)[C@H](CCP(=O)(O)C(O)c1ccc(C(F)(F)F)c([N+](=O)[O-])c1)NC(=O)OCc1ccccc1. The molecular weight excluding hydrogens is 512 g/mol. The quantitative estimate of drug-likeness (QED) is 0.178. The fourth-order valence-electron chi connectivity index (χ4n) is 3.07. The van der Waals surface area contributed by atoms with Crippen LogP contribution < -0.4 is 5.32 Å². The van der Waals surface area contributed by atoms with E-state index in [0.717, 1.165) is 7.11 Å². The second-order valence-corrected chi connectivity index (χ2v) is 9.90. The third-order valence-corrected chi connectivity index (χ3v) is 6.89. The number of nitro benzene ring substituents is 1. The van der Waals surface area contributed by atoms with Crippen LogP contribution in [0.2, 0.25) is 0 Å². The molecule has 2 unspecified atom stereocenters. The number of halogens is 3. The Morgan fingerprint density at radius 1 is 1.19 bits per heavy atom. The lowest BCUT2D eigenvalue weighted by atomic mass is 10.1. The Morgan fingerprint density at radius 2 is 1.83 bits per heavy atom. The topological polar surface area (TPSA) is 165 Å². The number of nitro groups is 1. The molecule has 0 fully saturated rings. The molecule has 0 aliphatic carbocycles. The van der Waals surface area contributed by atoms with Crippen molar-refractivity contribution in [2.45, 2.75) is 31.1 Å². The van der Waals surface area contributed by atoms with E-state index in [4.69, 9.17) is 4.74 Å². The van der Waals surface area contributed by atoms with Gasteiger partial charge < -0.3 is 24.8 Å². The van der Waals surface area contributed by atoms with E-state index in [1.807, 2.05) is 0 Å². The van der Waals surface area contributed by atoms with Crippen molar-refractivity contribution in [2.75, 3.05) is 13.3 Å². The molecule has 0 bridgehead atoms. The van der Waals surface area contributed by atoms with Crippen LogP contribution in [0.3, 0.4) is 0 Å². The number of aliphatic hydroxyl groups excluding tert-OH is 1. The zero-order chi connectivity index (χ0) is 27.1. The first-order valence-corrected chi connectivity index (χ1v) is 12.1. The second kappa shape index (κ2) is 12.0. The van der Waals surface area contributed by atoms with Gasteiger partial charge in [-0.05, 0) is 23.6 Å². The number of amides is 1. The van der Waals surface area contributed by atoms with Gasteiger partial charge in [0.1, 0.15) is 18.2 Å². The molecule has 3 atom stereocenters. The molecule has 0 radical (unpaired) electrons. The molecule has 3 N–H and O–H groups in total. The Balaban J connectivity index is 2.11. The normalized spacial score (nSPS) is 14.7. The lowest BCUT2D eigenvalue weighted by Gasteiger charge is -2.22. The molecule has 196 valence electrons. The number of carbonyl (C=O) groups excluding carboxylic acids is 2. The number of alkyl carbamates (subject to hydrolysis) is 1. The summed E-state index contributed by atoms with van der Waals surface area (Å²) in [6.45, 7) is -0.134. The van der Waals surface area contributed by atoms with Crippen LogP contribution in [0.25, 0.3) is 0 Å². The standard InChI is InChI=1S/C21H22F3N2O9P/c1-34-18(27)16(25-20(29)35-12-13-5-3-2-4-6-13)9-10-36(32,33)19(28)14-7-8-15(21(22,23)24)17(11-14)26(30)31/h2-8,11,16,19,28H,9-10,12H2,1H3,(H,25,29)(H,32,33)/t16-,19?/m0/s1. The summed E-state index contributed by atoms with van der Waals surface area (Å²) in [7, 11) is -3.67. The van der Waals surface area contributed by atoms with Gasteiger partial charge in [-0.15, -0.1) is 0 Å². The van der Waals surface area contributed by atoms with E-state index < -0.39 is 71.8 Å². The average Bonchev–Trinajstić information content (AvgIpc) is 2.83. The molecule has 15 heteroatoms. The molecule has 0 aromatic heterocycles. The third-order valence-electron chi connectivity index (χ3n) is 4.93. The van der Waals surface area contributed by atoms with E-state index in [1.165, 1.54) is 0 Å². The van der Waals surface area contributed by atoms with Crippen LogP contribution in [-0.4, -0.2) is 46.3 Å². The molecule has 0 aliphatic rings. The molecular formula is C21H22F3N2O9P. The van der Waals surface area contributed by atoms with E-state index in [0.29, 0.717) is 23.8 Å². The van der Waals surface area contributed by atoms with Gasteiger partial charge in [-0.1, -0.05) is 36.4 Å². The van der Waals surface area contributed by atoms with Crippen molar-refractivity contribution in [1.29, 1.82) is 0 Å². The van der Waals surface area contributed by atoms with Crippen LogP contribution >= 0.6 is 7.37 Å². The van der Waals surface area contributed by atoms with Crippen LogP contribution in [0.5, 0.6) is 0 Å². The number of esters is 1. The minimum absolute atomic E-state index is 0.134. The molecule has 0 spiro atoms. The van der Waals surface area contributed by atoms with E-state index in [2.05, 4.69) is 10.1 Å². The van der Waals surface area contributed by atoms with E-state index >= 15 is 0 Å². The molecule has 2 aromatic rings. The van der Waals surface area contributed by atoms with Gasteiger partial charge in [0.15, 0.2) is 5.85 Å². The first-order valence-electron chi connectivity index (χ1n) is 10.2. The highest BCUT2D eigenvalue weighted by atomic mass is 31.2. The van der Waals surface area contributed by atoms with Gasteiger partial charge in [-0.3, -0.25) is 14.7 Å². The molecule has 0 aliphatic heterocycles. The smallest absolute Gasteiger partial charge is 0.422 e. The number of nitrogens with one attached hydrogen (secondary N) is 1. The monoisotopic (exact) mass is 534 g/mol. The van der Waals surface area contributed by atoms with Crippen molar-refractivity contribution in [1.82, 2.24) is 5.32 Å². The zero-order valence-electron chi connectivity index (χ0n) is 18.7. The molecule has 0 saturated heterocycles. The maximum atomic E-state index is 13.0. The summed E-state index contributed by atoms with van der Waals surface area (Å²) in [5.41, 5.74) is -2.96. The number of alkyl halides is 3. The van der Waals surface area contributed by atoms with E-state index in [1.54, 1.807) is 30.3 Å². The summed E-state index contributed by atoms with van der Waals surface area (Å²) in [5.74, 6) is -3.30.